The lowest BCUT2D eigenvalue weighted by molar-refractivity contribution is -0.132. The minimum Gasteiger partial charge on any atom is -0.341 e. The van der Waals surface area contributed by atoms with Crippen molar-refractivity contribution in [2.24, 2.45) is 11.8 Å². The Labute approximate surface area is 118 Å². The number of rotatable bonds is 7. The minimum atomic E-state index is 0.245. The van der Waals surface area contributed by atoms with Gasteiger partial charge in [-0.3, -0.25) is 4.79 Å². The number of amides is 1. The summed E-state index contributed by atoms with van der Waals surface area (Å²) >= 11 is 0. The molecule has 1 amide bonds. The van der Waals surface area contributed by atoms with Gasteiger partial charge in [-0.25, -0.2) is 0 Å². The maximum atomic E-state index is 12.2. The monoisotopic (exact) mass is 264 g/mol. The Hall–Kier alpha value is -1.04. The molecule has 0 aromatic carbocycles. The molecule has 108 valence electrons. The SMILES string of the molecule is CC(C)CN(CCC#N)C(=O)CCC1CCCCC1. The number of hydrogen-bond acceptors (Lipinski definition) is 2. The molecule has 0 N–H and O–H groups in total. The number of hydrogen-bond donors (Lipinski definition) is 0. The van der Waals surface area contributed by atoms with E-state index in [4.69, 9.17) is 5.26 Å². The highest BCUT2D eigenvalue weighted by Gasteiger charge is 2.18. The van der Waals surface area contributed by atoms with Crippen molar-refractivity contribution in [3.8, 4) is 6.07 Å². The van der Waals surface area contributed by atoms with E-state index in [2.05, 4.69) is 19.9 Å². The third kappa shape index (κ3) is 6.61. The van der Waals surface area contributed by atoms with E-state index in [0.717, 1.165) is 18.9 Å². The van der Waals surface area contributed by atoms with Gasteiger partial charge in [0.25, 0.3) is 0 Å². The molecule has 0 spiro atoms. The fourth-order valence-corrected chi connectivity index (χ4v) is 2.91. The third-order valence-corrected chi connectivity index (χ3v) is 3.92. The molecule has 0 bridgehead atoms. The molecule has 1 saturated carbocycles. The van der Waals surface area contributed by atoms with Crippen molar-refractivity contribution in [2.75, 3.05) is 13.1 Å². The van der Waals surface area contributed by atoms with Crippen molar-refractivity contribution in [3.05, 3.63) is 0 Å². The van der Waals surface area contributed by atoms with Crippen LogP contribution in [0.2, 0.25) is 0 Å². The van der Waals surface area contributed by atoms with E-state index in [1.54, 1.807) is 0 Å². The zero-order valence-electron chi connectivity index (χ0n) is 12.5. The summed E-state index contributed by atoms with van der Waals surface area (Å²) in [6.45, 7) is 5.62. The molecule has 0 saturated heterocycles. The molecule has 1 aliphatic carbocycles. The van der Waals surface area contributed by atoms with Crippen molar-refractivity contribution < 1.29 is 4.79 Å². The van der Waals surface area contributed by atoms with Crippen LogP contribution in [0.5, 0.6) is 0 Å². The first-order chi connectivity index (χ1) is 9.13. The summed E-state index contributed by atoms with van der Waals surface area (Å²) in [4.78, 5) is 14.1. The van der Waals surface area contributed by atoms with Gasteiger partial charge in [0.05, 0.1) is 12.5 Å². The normalized spacial score (nSPS) is 16.3. The van der Waals surface area contributed by atoms with E-state index in [-0.39, 0.29) is 5.91 Å². The van der Waals surface area contributed by atoms with E-state index in [0.29, 0.717) is 25.3 Å². The Balaban J connectivity index is 2.35. The molecule has 3 heteroatoms. The molecule has 0 radical (unpaired) electrons. The van der Waals surface area contributed by atoms with E-state index in [9.17, 15) is 4.79 Å². The fourth-order valence-electron chi connectivity index (χ4n) is 2.91. The second-order valence-electron chi connectivity index (χ2n) is 6.18. The molecular weight excluding hydrogens is 236 g/mol. The summed E-state index contributed by atoms with van der Waals surface area (Å²) in [5, 5.41) is 8.68. The third-order valence-electron chi connectivity index (χ3n) is 3.92. The maximum Gasteiger partial charge on any atom is 0.222 e. The summed E-state index contributed by atoms with van der Waals surface area (Å²) in [6.07, 6.45) is 8.80. The quantitative estimate of drug-likeness (QED) is 0.703. The second kappa shape index (κ2) is 8.96. The van der Waals surface area contributed by atoms with Gasteiger partial charge in [0.2, 0.25) is 5.91 Å². The van der Waals surface area contributed by atoms with Gasteiger partial charge >= 0.3 is 0 Å². The van der Waals surface area contributed by atoms with Crippen molar-refractivity contribution in [3.63, 3.8) is 0 Å². The molecule has 0 atom stereocenters. The lowest BCUT2D eigenvalue weighted by Crippen LogP contribution is -2.35. The van der Waals surface area contributed by atoms with Crippen molar-refractivity contribution in [1.29, 1.82) is 5.26 Å². The van der Waals surface area contributed by atoms with Gasteiger partial charge in [-0.2, -0.15) is 5.26 Å². The summed E-state index contributed by atoms with van der Waals surface area (Å²) in [5.41, 5.74) is 0. The lowest BCUT2D eigenvalue weighted by Gasteiger charge is -2.26. The average Bonchev–Trinajstić information content (AvgIpc) is 2.41. The molecule has 0 heterocycles. The summed E-state index contributed by atoms with van der Waals surface area (Å²) in [5.74, 6) is 1.47. The molecule has 19 heavy (non-hydrogen) atoms. The molecular formula is C16H28N2O. The molecule has 0 aliphatic heterocycles. The van der Waals surface area contributed by atoms with E-state index < -0.39 is 0 Å². The largest absolute Gasteiger partial charge is 0.341 e. The standard InChI is InChI=1S/C16H28N2O/c1-14(2)13-18(12-6-11-17)16(19)10-9-15-7-4-3-5-8-15/h14-15H,3-10,12-13H2,1-2H3. The first kappa shape index (κ1) is 16.0. The second-order valence-corrected chi connectivity index (χ2v) is 6.18. The Morgan fingerprint density at radius 3 is 2.58 bits per heavy atom. The van der Waals surface area contributed by atoms with Gasteiger partial charge in [-0.05, 0) is 18.3 Å². The van der Waals surface area contributed by atoms with Crippen LogP contribution in [0, 0.1) is 23.2 Å². The van der Waals surface area contributed by atoms with Crippen LogP contribution < -0.4 is 0 Å². The van der Waals surface area contributed by atoms with E-state index in [1.807, 2.05) is 4.90 Å². The first-order valence-corrected chi connectivity index (χ1v) is 7.78. The van der Waals surface area contributed by atoms with Crippen LogP contribution in [-0.2, 0) is 4.79 Å². The van der Waals surface area contributed by atoms with Crippen LogP contribution in [0.1, 0.15) is 65.2 Å². The van der Waals surface area contributed by atoms with Crippen molar-refractivity contribution >= 4 is 5.91 Å². The Kier molecular flexibility index (Phi) is 7.55. The maximum absolute atomic E-state index is 12.2. The average molecular weight is 264 g/mol. The van der Waals surface area contributed by atoms with Crippen LogP contribution >= 0.6 is 0 Å². The predicted octanol–water partition coefficient (Wildman–Crippen LogP) is 3.75. The number of nitrogens with zero attached hydrogens (tertiary/aromatic N) is 2. The van der Waals surface area contributed by atoms with Gasteiger partial charge in [0, 0.05) is 19.5 Å². The molecule has 3 nitrogen and oxygen atoms in total. The minimum absolute atomic E-state index is 0.245. The first-order valence-electron chi connectivity index (χ1n) is 7.78. The van der Waals surface area contributed by atoms with Crippen LogP contribution in [0.3, 0.4) is 0 Å². The van der Waals surface area contributed by atoms with Gasteiger partial charge in [-0.15, -0.1) is 0 Å². The molecule has 1 rings (SSSR count). The van der Waals surface area contributed by atoms with Crippen LogP contribution in [0.4, 0.5) is 0 Å². The zero-order valence-corrected chi connectivity index (χ0v) is 12.5. The highest BCUT2D eigenvalue weighted by atomic mass is 16.2. The Bertz CT molecular complexity index is 300. The summed E-state index contributed by atoms with van der Waals surface area (Å²) < 4.78 is 0. The fraction of sp³-hybridized carbons (Fsp3) is 0.875. The van der Waals surface area contributed by atoms with Gasteiger partial charge in [-0.1, -0.05) is 46.0 Å². The van der Waals surface area contributed by atoms with Gasteiger partial charge in [0.1, 0.15) is 0 Å². The number of carbonyl (C=O) groups excluding carboxylic acids is 1. The number of carbonyl (C=O) groups is 1. The lowest BCUT2D eigenvalue weighted by atomic mass is 9.86. The van der Waals surface area contributed by atoms with Crippen molar-refractivity contribution in [1.82, 2.24) is 4.90 Å². The van der Waals surface area contributed by atoms with Crippen LogP contribution in [0.15, 0.2) is 0 Å². The Morgan fingerprint density at radius 1 is 1.32 bits per heavy atom. The summed E-state index contributed by atoms with van der Waals surface area (Å²) in [7, 11) is 0. The van der Waals surface area contributed by atoms with Crippen LogP contribution in [-0.4, -0.2) is 23.9 Å². The molecule has 0 aromatic rings. The molecule has 0 aromatic heterocycles. The van der Waals surface area contributed by atoms with E-state index in [1.165, 1.54) is 32.1 Å². The number of nitriles is 1. The van der Waals surface area contributed by atoms with Crippen LogP contribution in [0.25, 0.3) is 0 Å². The van der Waals surface area contributed by atoms with Gasteiger partial charge < -0.3 is 4.90 Å². The van der Waals surface area contributed by atoms with E-state index >= 15 is 0 Å². The topological polar surface area (TPSA) is 44.1 Å². The summed E-state index contributed by atoms with van der Waals surface area (Å²) in [6, 6.07) is 2.14. The predicted molar refractivity (Wildman–Crippen MR) is 77.5 cm³/mol. The van der Waals surface area contributed by atoms with Gasteiger partial charge in [0.15, 0.2) is 0 Å². The molecule has 1 aliphatic rings. The zero-order chi connectivity index (χ0) is 14.1. The highest BCUT2D eigenvalue weighted by Crippen LogP contribution is 2.27. The molecule has 0 unspecified atom stereocenters. The highest BCUT2D eigenvalue weighted by molar-refractivity contribution is 5.76. The Morgan fingerprint density at radius 2 is 2.00 bits per heavy atom. The van der Waals surface area contributed by atoms with Crippen molar-refractivity contribution in [2.45, 2.75) is 65.2 Å². The molecule has 1 fully saturated rings. The smallest absolute Gasteiger partial charge is 0.222 e.